The molecule has 4 heterocycles. The first-order chi connectivity index (χ1) is 46.6. The van der Waals surface area contributed by atoms with Crippen LogP contribution >= 0.6 is 11.6 Å². The van der Waals surface area contributed by atoms with Crippen molar-refractivity contribution in [1.82, 2.24) is 60.0 Å². The largest absolute Gasteiger partial charge is 0.417 e. The Morgan fingerprint density at radius 2 is 1.25 bits per heavy atom. The highest BCUT2D eigenvalue weighted by atomic mass is 35.5. The average molecular weight is 1410 g/mol. The van der Waals surface area contributed by atoms with Gasteiger partial charge < -0.3 is 60.0 Å². The van der Waals surface area contributed by atoms with Gasteiger partial charge in [0.1, 0.15) is 59.9 Å². The summed E-state index contributed by atoms with van der Waals surface area (Å²) in [5.41, 5.74) is -2.35. The van der Waals surface area contributed by atoms with Crippen LogP contribution in [0.4, 0.5) is 13.2 Å². The van der Waals surface area contributed by atoms with Crippen molar-refractivity contribution >= 4 is 82.5 Å². The number of fused-ring (bicyclic) bond motifs is 2. The van der Waals surface area contributed by atoms with Gasteiger partial charge in [0.05, 0.1) is 23.6 Å². The van der Waals surface area contributed by atoms with Gasteiger partial charge in [0.2, 0.25) is 70.9 Å². The number of carbonyl (C=O) groups excluding carboxylic acids is 12. The highest BCUT2D eigenvalue weighted by Crippen LogP contribution is 2.38. The second kappa shape index (κ2) is 34.5. The zero-order chi connectivity index (χ0) is 73.1. The molecule has 2 aliphatic carbocycles. The summed E-state index contributed by atoms with van der Waals surface area (Å²) in [5.74, 6) is -8.36. The Bertz CT molecular complexity index is 3120. The number of likely N-dealkylation sites (tertiary alicyclic amines) is 1. The van der Waals surface area contributed by atoms with E-state index < -0.39 is 166 Å². The highest BCUT2D eigenvalue weighted by Gasteiger charge is 2.51. The number of benzene rings is 1. The SMILES string of the molecule is CCC[C@@H]1NC(=O)[C@H](CC(C)C)N(C)C(=O)C[C@@H](C(=O)N2CCCCC2)N(C)C(=O)[C@H](C(C)C)N(C)C(=O)C2(CCCC2)NC(=O)[C@@H]2CCCN2C(=O)[C@H](CCc2ccc(C(F)(F)F)c(Cl)c2)NC(=O)CN(C)C(=O)[C@H](CC2CCCCC2)N(C)C(=O)[C@@H]2CCN2C(=O)[C@H](C)N(C)C1=O. The summed E-state index contributed by atoms with van der Waals surface area (Å²) in [5, 5.41) is 8.11. The minimum absolute atomic E-state index is 0.0253. The summed E-state index contributed by atoms with van der Waals surface area (Å²) in [6.07, 6.45) is 3.96. The van der Waals surface area contributed by atoms with Crippen molar-refractivity contribution in [1.29, 1.82) is 0 Å². The number of rotatable bonds is 11. The van der Waals surface area contributed by atoms with Crippen molar-refractivity contribution in [3.8, 4) is 0 Å². The summed E-state index contributed by atoms with van der Waals surface area (Å²) < 4.78 is 41.6. The van der Waals surface area contributed by atoms with Crippen molar-refractivity contribution in [2.75, 3.05) is 75.0 Å². The predicted octanol–water partition coefficient (Wildman–Crippen LogP) is 5.78. The summed E-state index contributed by atoms with van der Waals surface area (Å²) in [4.78, 5) is 191. The van der Waals surface area contributed by atoms with E-state index in [0.717, 1.165) is 55.6 Å². The Labute approximate surface area is 586 Å². The van der Waals surface area contributed by atoms with E-state index in [2.05, 4.69) is 16.0 Å². The van der Waals surface area contributed by atoms with Gasteiger partial charge in [-0.3, -0.25) is 57.5 Å². The van der Waals surface area contributed by atoms with E-state index in [1.54, 1.807) is 18.7 Å². The number of nitrogens with one attached hydrogen (secondary N) is 3. The molecular formula is C71H108ClF3N12O12. The molecular weight excluding hydrogens is 1310 g/mol. The van der Waals surface area contributed by atoms with Crippen molar-refractivity contribution < 1.29 is 70.7 Å². The average Bonchev–Trinajstić information content (AvgIpc) is 1.22. The van der Waals surface area contributed by atoms with Crippen molar-refractivity contribution in [3.05, 3.63) is 34.3 Å². The van der Waals surface area contributed by atoms with Gasteiger partial charge in [-0.15, -0.1) is 0 Å². The summed E-state index contributed by atoms with van der Waals surface area (Å²) in [7, 11) is 8.59. The van der Waals surface area contributed by atoms with Gasteiger partial charge in [-0.05, 0) is 126 Å². The van der Waals surface area contributed by atoms with Gasteiger partial charge >= 0.3 is 6.18 Å². The predicted molar refractivity (Wildman–Crippen MR) is 364 cm³/mol. The molecule has 12 amide bonds. The fourth-order valence-corrected chi connectivity index (χ4v) is 15.7. The van der Waals surface area contributed by atoms with E-state index in [1.807, 2.05) is 20.8 Å². The molecule has 1 spiro atoms. The fraction of sp³-hybridized carbons (Fsp3) is 0.746. The Balaban J connectivity index is 1.28. The number of carbonyl (C=O) groups is 12. The lowest BCUT2D eigenvalue weighted by atomic mass is 9.84. The molecule has 7 rings (SSSR count). The number of hydrogen-bond donors (Lipinski definition) is 3. The number of hydrogen-bond acceptors (Lipinski definition) is 12. The topological polar surface area (TPSA) is 270 Å². The van der Waals surface area contributed by atoms with Gasteiger partial charge in [0.25, 0.3) is 0 Å². The van der Waals surface area contributed by atoms with Crippen LogP contribution in [0.2, 0.25) is 5.02 Å². The van der Waals surface area contributed by atoms with Crippen LogP contribution in [0.5, 0.6) is 0 Å². The molecule has 24 nitrogen and oxygen atoms in total. The van der Waals surface area contributed by atoms with Crippen LogP contribution in [0.1, 0.15) is 188 Å². The molecule has 0 bridgehead atoms. The van der Waals surface area contributed by atoms with E-state index >= 15 is 19.2 Å². The standard InChI is InChI=1S/C71H108ClF3N12O12/c1-13-23-50-63(93)80(8)45(6)62(92)87-37-31-53(87)66(96)82(10)55(40-46-24-16-14-17-25-46)65(95)79(7)42-57(88)76-51(30-28-47-27-29-48(49(72)39-47)71(73,74)75)64(94)86-36-22-26-52(86)61(91)78-70(32-18-19-33-70)69(99)84(12)59(44(4)5)68(98)83(11)56(67(97)85-34-20-15-21-35-85)41-58(89)81(9)54(38-43(2)3)60(90)77-50/h27,29,39,43-46,50-56,59H,13-26,28,30-38,40-42H2,1-12H3,(H,76,88)(H,77,90)(H,78,91)/t45-,50-,51-,52-,53-,54-,55-,56-,59-/m0/s1. The van der Waals surface area contributed by atoms with E-state index in [0.29, 0.717) is 57.2 Å². The molecule has 2 saturated carbocycles. The fourth-order valence-electron chi connectivity index (χ4n) is 15.4. The second-order valence-electron chi connectivity index (χ2n) is 29.5. The number of nitrogens with zero attached hydrogens (tertiary/aromatic N) is 9. The zero-order valence-corrected chi connectivity index (χ0v) is 60.9. The molecule has 1 aromatic rings. The quantitative estimate of drug-likeness (QED) is 0.238. The minimum atomic E-state index is -4.76. The summed E-state index contributed by atoms with van der Waals surface area (Å²) in [6.45, 7) is 10.8. The maximum absolute atomic E-state index is 15.4. The minimum Gasteiger partial charge on any atom is -0.343 e. The van der Waals surface area contributed by atoms with Gasteiger partial charge in [-0.2, -0.15) is 13.2 Å². The van der Waals surface area contributed by atoms with Crippen LogP contribution in [-0.2, 0) is 70.1 Å². The van der Waals surface area contributed by atoms with E-state index in [4.69, 9.17) is 11.6 Å². The van der Waals surface area contributed by atoms with E-state index in [1.165, 1.54) is 89.6 Å². The molecule has 9 atom stereocenters. The van der Waals surface area contributed by atoms with Gasteiger partial charge in [-0.1, -0.05) is 104 Å². The molecule has 28 heteroatoms. The summed E-state index contributed by atoms with van der Waals surface area (Å²) >= 11 is 6.15. The number of alkyl halides is 3. The molecule has 6 fully saturated rings. The monoisotopic (exact) mass is 1410 g/mol. The Hall–Kier alpha value is -7.06. The molecule has 1 aromatic carbocycles. The van der Waals surface area contributed by atoms with Crippen LogP contribution in [-0.4, -0.2) is 250 Å². The molecule has 6 aliphatic rings. The van der Waals surface area contributed by atoms with Crippen molar-refractivity contribution in [2.45, 2.75) is 249 Å². The zero-order valence-electron chi connectivity index (χ0n) is 60.2. The normalized spacial score (nSPS) is 27.6. The van der Waals surface area contributed by atoms with Crippen molar-refractivity contribution in [3.63, 3.8) is 0 Å². The lowest BCUT2D eigenvalue weighted by Crippen LogP contribution is -2.65. The first kappa shape index (κ1) is 79.3. The number of halogens is 4. The maximum Gasteiger partial charge on any atom is 0.417 e. The Kier molecular flexibility index (Phi) is 27.7. The molecule has 0 unspecified atom stereocenters. The molecule has 4 saturated heterocycles. The van der Waals surface area contributed by atoms with E-state index in [9.17, 15) is 51.5 Å². The molecule has 99 heavy (non-hydrogen) atoms. The smallest absolute Gasteiger partial charge is 0.343 e. The van der Waals surface area contributed by atoms with Gasteiger partial charge in [0.15, 0.2) is 0 Å². The number of amides is 12. The van der Waals surface area contributed by atoms with E-state index in [-0.39, 0.29) is 82.7 Å². The van der Waals surface area contributed by atoms with Crippen LogP contribution in [0.25, 0.3) is 0 Å². The molecule has 0 aromatic heterocycles. The van der Waals surface area contributed by atoms with Crippen LogP contribution < -0.4 is 16.0 Å². The first-order valence-corrected chi connectivity index (χ1v) is 36.3. The molecule has 0 radical (unpaired) electrons. The number of piperidine rings is 1. The van der Waals surface area contributed by atoms with Crippen LogP contribution in [0.3, 0.4) is 0 Å². The Morgan fingerprint density at radius 1 is 0.626 bits per heavy atom. The van der Waals surface area contributed by atoms with Crippen LogP contribution in [0, 0.1) is 17.8 Å². The maximum atomic E-state index is 15.4. The lowest BCUT2D eigenvalue weighted by molar-refractivity contribution is -0.160. The van der Waals surface area contributed by atoms with Crippen LogP contribution in [0.15, 0.2) is 18.2 Å². The number of likely N-dealkylation sites (N-methyl/N-ethyl adjacent to an activating group) is 6. The lowest BCUT2D eigenvalue weighted by Gasteiger charge is -2.45. The Morgan fingerprint density at radius 3 is 1.84 bits per heavy atom. The molecule has 4 aliphatic heterocycles. The summed E-state index contributed by atoms with van der Waals surface area (Å²) in [6, 6.07) is -7.77. The van der Waals surface area contributed by atoms with Gasteiger partial charge in [0, 0.05) is 68.5 Å². The highest BCUT2D eigenvalue weighted by molar-refractivity contribution is 6.31. The van der Waals surface area contributed by atoms with Gasteiger partial charge in [-0.25, -0.2) is 0 Å². The molecule has 3 N–H and O–H groups in total. The van der Waals surface area contributed by atoms with Crippen molar-refractivity contribution in [2.24, 2.45) is 17.8 Å². The third-order valence-corrected chi connectivity index (χ3v) is 21.9. The third kappa shape index (κ3) is 18.9. The first-order valence-electron chi connectivity index (χ1n) is 35.9. The number of aryl methyl sites for hydroxylation is 1. The third-order valence-electron chi connectivity index (χ3n) is 21.6. The second-order valence-corrected chi connectivity index (χ2v) is 29.9. The molecule has 552 valence electrons.